The molecule has 20 heavy (non-hydrogen) atoms. The lowest BCUT2D eigenvalue weighted by Gasteiger charge is -2.03. The lowest BCUT2D eigenvalue weighted by Crippen LogP contribution is -2.27. The quantitative estimate of drug-likeness (QED) is 0.714. The second kappa shape index (κ2) is 5.11. The molecule has 2 aromatic carbocycles. The molecule has 1 aromatic heterocycles. The highest BCUT2D eigenvalue weighted by Crippen LogP contribution is 2.19. The van der Waals surface area contributed by atoms with Gasteiger partial charge >= 0.3 is 7.12 Å². The average Bonchev–Trinajstić information content (AvgIpc) is 2.85. The summed E-state index contributed by atoms with van der Waals surface area (Å²) in [5.41, 5.74) is 2.23. The van der Waals surface area contributed by atoms with Crippen molar-refractivity contribution >= 4 is 23.7 Å². The Morgan fingerprint density at radius 3 is 2.60 bits per heavy atom. The molecule has 100 valence electrons. The van der Waals surface area contributed by atoms with Crippen molar-refractivity contribution in [1.82, 2.24) is 0 Å². The molecule has 3 aromatic rings. The Morgan fingerprint density at radius 2 is 1.85 bits per heavy atom. The van der Waals surface area contributed by atoms with Gasteiger partial charge in [-0.15, -0.1) is 0 Å². The number of halogens is 1. The third-order valence-electron chi connectivity index (χ3n) is 3.21. The number of benzene rings is 2. The summed E-state index contributed by atoms with van der Waals surface area (Å²) in [7, 11) is -1.63. The summed E-state index contributed by atoms with van der Waals surface area (Å²) in [5.74, 6) is -0.230. The number of fused-ring (bicyclic) bond motifs is 1. The first-order valence-electron chi connectivity index (χ1n) is 6.25. The van der Waals surface area contributed by atoms with Crippen molar-refractivity contribution < 1.29 is 18.9 Å². The highest BCUT2D eigenvalue weighted by Gasteiger charge is 2.17. The minimum absolute atomic E-state index is 0.100. The van der Waals surface area contributed by atoms with Crippen molar-refractivity contribution in [3.05, 3.63) is 65.5 Å². The van der Waals surface area contributed by atoms with Gasteiger partial charge in [-0.3, -0.25) is 0 Å². The van der Waals surface area contributed by atoms with E-state index >= 15 is 0 Å². The molecule has 0 aliphatic rings. The van der Waals surface area contributed by atoms with Gasteiger partial charge in [-0.1, -0.05) is 24.3 Å². The van der Waals surface area contributed by atoms with E-state index in [9.17, 15) is 4.39 Å². The highest BCUT2D eigenvalue weighted by molar-refractivity contribution is 6.57. The van der Waals surface area contributed by atoms with E-state index in [0.717, 1.165) is 10.9 Å². The minimum atomic E-state index is -1.63. The number of hydrogen-bond acceptors (Lipinski definition) is 3. The smallest absolute Gasteiger partial charge is 0.465 e. The predicted molar refractivity (Wildman–Crippen MR) is 75.2 cm³/mol. The second-order valence-electron chi connectivity index (χ2n) is 4.66. The zero-order chi connectivity index (χ0) is 14.1. The lowest BCUT2D eigenvalue weighted by atomic mass is 9.88. The Bertz CT molecular complexity index is 752. The molecule has 0 aliphatic carbocycles. The molecule has 0 radical (unpaired) electrons. The number of hydrogen-bond donors (Lipinski definition) is 2. The molecule has 1 heterocycles. The van der Waals surface area contributed by atoms with Crippen LogP contribution in [0.25, 0.3) is 11.0 Å². The molecule has 0 fully saturated rings. The van der Waals surface area contributed by atoms with Gasteiger partial charge in [-0.05, 0) is 35.4 Å². The van der Waals surface area contributed by atoms with Gasteiger partial charge in [0.25, 0.3) is 0 Å². The molecule has 3 rings (SSSR count). The van der Waals surface area contributed by atoms with Crippen molar-refractivity contribution in [1.29, 1.82) is 0 Å². The van der Waals surface area contributed by atoms with E-state index in [4.69, 9.17) is 14.5 Å². The monoisotopic (exact) mass is 270 g/mol. The van der Waals surface area contributed by atoms with E-state index < -0.39 is 7.12 Å². The molecular weight excluding hydrogens is 258 g/mol. The van der Waals surface area contributed by atoms with Crippen LogP contribution in [0.15, 0.2) is 52.9 Å². The SMILES string of the molecule is OB(O)c1cc2cc(Cc3ccccc3F)ccc2o1. The maximum absolute atomic E-state index is 13.6. The summed E-state index contributed by atoms with van der Waals surface area (Å²) < 4.78 is 18.9. The third kappa shape index (κ3) is 2.46. The fraction of sp³-hybridized carbons (Fsp3) is 0.0667. The van der Waals surface area contributed by atoms with E-state index in [-0.39, 0.29) is 11.5 Å². The van der Waals surface area contributed by atoms with Crippen LogP contribution in [-0.4, -0.2) is 17.2 Å². The van der Waals surface area contributed by atoms with Gasteiger partial charge in [-0.2, -0.15) is 0 Å². The average molecular weight is 270 g/mol. The van der Waals surface area contributed by atoms with E-state index in [1.807, 2.05) is 12.1 Å². The zero-order valence-corrected chi connectivity index (χ0v) is 10.6. The molecule has 0 spiro atoms. The summed E-state index contributed by atoms with van der Waals surface area (Å²) in [6.45, 7) is 0. The van der Waals surface area contributed by atoms with Gasteiger partial charge in [0.1, 0.15) is 17.1 Å². The Hall–Kier alpha value is -2.11. The zero-order valence-electron chi connectivity index (χ0n) is 10.6. The number of rotatable bonds is 3. The standard InChI is InChI=1S/C15H12BFO3/c17-13-4-2-1-3-11(13)7-10-5-6-14-12(8-10)9-15(20-14)16(18)19/h1-6,8-9,18-19H,7H2. The fourth-order valence-corrected chi connectivity index (χ4v) is 2.21. The predicted octanol–water partition coefficient (Wildman–Crippen LogP) is 1.84. The van der Waals surface area contributed by atoms with Crippen LogP contribution in [0, 0.1) is 5.82 Å². The third-order valence-corrected chi connectivity index (χ3v) is 3.21. The van der Waals surface area contributed by atoms with Crippen molar-refractivity contribution in [2.24, 2.45) is 0 Å². The number of furan rings is 1. The first-order chi connectivity index (χ1) is 9.63. The van der Waals surface area contributed by atoms with Gasteiger partial charge in [0.05, 0.1) is 0 Å². The fourth-order valence-electron chi connectivity index (χ4n) is 2.21. The molecule has 0 saturated carbocycles. The molecular formula is C15H12BFO3. The van der Waals surface area contributed by atoms with Crippen LogP contribution in [0.1, 0.15) is 11.1 Å². The van der Waals surface area contributed by atoms with Crippen LogP contribution in [0.2, 0.25) is 0 Å². The van der Waals surface area contributed by atoms with Crippen LogP contribution in [0.5, 0.6) is 0 Å². The molecule has 0 bridgehead atoms. The van der Waals surface area contributed by atoms with Gasteiger partial charge in [-0.25, -0.2) is 4.39 Å². The molecule has 3 nitrogen and oxygen atoms in total. The molecule has 0 aliphatic heterocycles. The molecule has 0 unspecified atom stereocenters. The van der Waals surface area contributed by atoms with Crippen LogP contribution >= 0.6 is 0 Å². The molecule has 0 amide bonds. The lowest BCUT2D eigenvalue weighted by molar-refractivity contribution is 0.412. The summed E-state index contributed by atoms with van der Waals surface area (Å²) in [4.78, 5) is 0. The Kier molecular flexibility index (Phi) is 3.30. The topological polar surface area (TPSA) is 53.6 Å². The van der Waals surface area contributed by atoms with Crippen LogP contribution in [0.4, 0.5) is 4.39 Å². The maximum atomic E-state index is 13.6. The van der Waals surface area contributed by atoms with Crippen molar-refractivity contribution in [3.8, 4) is 0 Å². The van der Waals surface area contributed by atoms with E-state index in [1.54, 1.807) is 30.3 Å². The van der Waals surface area contributed by atoms with Crippen molar-refractivity contribution in [2.75, 3.05) is 0 Å². The largest absolute Gasteiger partial charge is 0.526 e. The van der Waals surface area contributed by atoms with Gasteiger partial charge in [0.2, 0.25) is 0 Å². The summed E-state index contributed by atoms with van der Waals surface area (Å²) in [6, 6.07) is 13.7. The molecule has 0 atom stereocenters. The van der Waals surface area contributed by atoms with Crippen molar-refractivity contribution in [3.63, 3.8) is 0 Å². The minimum Gasteiger partial charge on any atom is -0.465 e. The summed E-state index contributed by atoms with van der Waals surface area (Å²) in [5, 5.41) is 18.9. The van der Waals surface area contributed by atoms with Gasteiger partial charge in [0, 0.05) is 11.8 Å². The summed E-state index contributed by atoms with van der Waals surface area (Å²) in [6.07, 6.45) is 0.477. The Labute approximate surface area is 115 Å². The van der Waals surface area contributed by atoms with Crippen molar-refractivity contribution in [2.45, 2.75) is 6.42 Å². The molecule has 5 heteroatoms. The van der Waals surface area contributed by atoms with Gasteiger partial charge < -0.3 is 14.5 Å². The molecule has 0 saturated heterocycles. The van der Waals surface area contributed by atoms with Crippen LogP contribution < -0.4 is 5.66 Å². The first kappa shape index (κ1) is 12.9. The molecule has 2 N–H and O–H groups in total. The highest BCUT2D eigenvalue weighted by atomic mass is 19.1. The Morgan fingerprint density at radius 1 is 1.05 bits per heavy atom. The normalized spacial score (nSPS) is 10.9. The summed E-state index contributed by atoms with van der Waals surface area (Å²) >= 11 is 0. The van der Waals surface area contributed by atoms with E-state index in [1.165, 1.54) is 6.07 Å². The Balaban J connectivity index is 1.95. The first-order valence-corrected chi connectivity index (χ1v) is 6.25. The van der Waals surface area contributed by atoms with Gasteiger partial charge in [0.15, 0.2) is 0 Å². The van der Waals surface area contributed by atoms with E-state index in [2.05, 4.69) is 0 Å². The second-order valence-corrected chi connectivity index (χ2v) is 4.66. The van der Waals surface area contributed by atoms with Crippen LogP contribution in [0.3, 0.4) is 0 Å². The van der Waals surface area contributed by atoms with E-state index in [0.29, 0.717) is 17.6 Å². The van der Waals surface area contributed by atoms with Crippen LogP contribution in [-0.2, 0) is 6.42 Å². The maximum Gasteiger partial charge on any atom is 0.526 e.